The van der Waals surface area contributed by atoms with Crippen LogP contribution < -0.4 is 20.7 Å². The number of nitrogens with zero attached hydrogens (tertiary/aromatic N) is 2. The maximum atomic E-state index is 11.4. The lowest BCUT2D eigenvalue weighted by Crippen LogP contribution is -2.30. The van der Waals surface area contributed by atoms with Crippen LogP contribution in [0.5, 0.6) is 5.75 Å². The molecule has 0 atom stereocenters. The minimum Gasteiger partial charge on any atom is -0.482 e. The van der Waals surface area contributed by atoms with Crippen LogP contribution in [0.15, 0.2) is 12.1 Å². The summed E-state index contributed by atoms with van der Waals surface area (Å²) >= 11 is 0. The van der Waals surface area contributed by atoms with Crippen molar-refractivity contribution in [3.05, 3.63) is 12.1 Å². The first-order valence-electron chi connectivity index (χ1n) is 6.62. The predicted molar refractivity (Wildman–Crippen MR) is 79.3 cm³/mol. The highest BCUT2D eigenvalue weighted by atomic mass is 16.5. The smallest absolute Gasteiger partial charge is 0.262 e. The Labute approximate surface area is 123 Å². The average Bonchev–Trinajstić information content (AvgIpc) is 2.47. The summed E-state index contributed by atoms with van der Waals surface area (Å²) in [6, 6.07) is 5.58. The molecule has 0 saturated carbocycles. The third-order valence-electron chi connectivity index (χ3n) is 3.16. The Hall–Kier alpha value is -2.46. The first-order valence-corrected chi connectivity index (χ1v) is 6.62. The molecular weight excluding hydrogens is 272 g/mol. The zero-order valence-electron chi connectivity index (χ0n) is 11.9. The Morgan fingerprint density at radius 1 is 1.52 bits per heavy atom. The molecular formula is C14H18N4O3. The molecule has 0 spiro atoms. The van der Waals surface area contributed by atoms with Crippen molar-refractivity contribution in [2.75, 3.05) is 49.4 Å². The SMILES string of the molecule is COCCN(CCC#N)c1cc2c(cc1N)OCC(=O)N2. The Kier molecular flexibility index (Phi) is 4.85. The highest BCUT2D eigenvalue weighted by Crippen LogP contribution is 2.37. The summed E-state index contributed by atoms with van der Waals surface area (Å²) in [5.74, 6) is 0.363. The number of ether oxygens (including phenoxy) is 2. The minimum absolute atomic E-state index is 0.00634. The second-order valence-corrected chi connectivity index (χ2v) is 4.63. The number of amides is 1. The number of fused-ring (bicyclic) bond motifs is 1. The number of methoxy groups -OCH3 is 1. The van der Waals surface area contributed by atoms with Gasteiger partial charge in [0.1, 0.15) is 5.75 Å². The molecule has 21 heavy (non-hydrogen) atoms. The van der Waals surface area contributed by atoms with Gasteiger partial charge in [0.15, 0.2) is 6.61 Å². The maximum Gasteiger partial charge on any atom is 0.262 e. The summed E-state index contributed by atoms with van der Waals surface area (Å²) in [4.78, 5) is 13.4. The van der Waals surface area contributed by atoms with Gasteiger partial charge in [0.2, 0.25) is 0 Å². The molecule has 0 saturated heterocycles. The zero-order valence-corrected chi connectivity index (χ0v) is 11.9. The first-order chi connectivity index (χ1) is 10.2. The summed E-state index contributed by atoms with van der Waals surface area (Å²) in [6.07, 6.45) is 0.378. The van der Waals surface area contributed by atoms with Gasteiger partial charge in [-0.05, 0) is 6.07 Å². The molecule has 1 aliphatic rings. The minimum atomic E-state index is -0.196. The van der Waals surface area contributed by atoms with Crippen LogP contribution in [-0.2, 0) is 9.53 Å². The lowest BCUT2D eigenvalue weighted by atomic mass is 10.1. The molecule has 0 fully saturated rings. The molecule has 0 aromatic heterocycles. The quantitative estimate of drug-likeness (QED) is 0.757. The molecule has 112 valence electrons. The fraction of sp³-hybridized carbons (Fsp3) is 0.429. The van der Waals surface area contributed by atoms with Gasteiger partial charge in [-0.1, -0.05) is 0 Å². The molecule has 3 N–H and O–H groups in total. The van der Waals surface area contributed by atoms with Gasteiger partial charge in [-0.25, -0.2) is 0 Å². The standard InChI is InChI=1S/C14H18N4O3/c1-20-6-5-18(4-2-3-15)12-8-11-13(7-10(12)16)21-9-14(19)17-11/h7-8H,2,4-6,9,16H2,1H3,(H,17,19). The van der Waals surface area contributed by atoms with Crippen molar-refractivity contribution in [3.63, 3.8) is 0 Å². The highest BCUT2D eigenvalue weighted by molar-refractivity contribution is 5.97. The molecule has 0 radical (unpaired) electrons. The van der Waals surface area contributed by atoms with E-state index in [1.54, 1.807) is 19.2 Å². The number of nitrogen functional groups attached to an aromatic ring is 1. The fourth-order valence-electron chi connectivity index (χ4n) is 2.14. The van der Waals surface area contributed by atoms with Crippen LogP contribution in [0.25, 0.3) is 0 Å². The van der Waals surface area contributed by atoms with Crippen LogP contribution in [0.4, 0.5) is 17.1 Å². The summed E-state index contributed by atoms with van der Waals surface area (Å²) in [5, 5.41) is 11.5. The van der Waals surface area contributed by atoms with E-state index in [1.807, 2.05) is 4.90 Å². The predicted octanol–water partition coefficient (Wildman–Crippen LogP) is 0.966. The van der Waals surface area contributed by atoms with Crippen LogP contribution in [0.1, 0.15) is 6.42 Å². The molecule has 2 rings (SSSR count). The maximum absolute atomic E-state index is 11.4. The van der Waals surface area contributed by atoms with E-state index in [9.17, 15) is 4.79 Å². The third-order valence-corrected chi connectivity index (χ3v) is 3.16. The van der Waals surface area contributed by atoms with Gasteiger partial charge in [-0.3, -0.25) is 4.79 Å². The van der Waals surface area contributed by atoms with E-state index in [4.69, 9.17) is 20.5 Å². The van der Waals surface area contributed by atoms with E-state index >= 15 is 0 Å². The number of hydrogen-bond acceptors (Lipinski definition) is 6. The van der Waals surface area contributed by atoms with E-state index < -0.39 is 0 Å². The Bertz CT molecular complexity index is 568. The van der Waals surface area contributed by atoms with Crippen LogP contribution in [0, 0.1) is 11.3 Å². The van der Waals surface area contributed by atoms with Crippen LogP contribution in [0.2, 0.25) is 0 Å². The average molecular weight is 290 g/mol. The van der Waals surface area contributed by atoms with E-state index in [0.29, 0.717) is 43.2 Å². The lowest BCUT2D eigenvalue weighted by Gasteiger charge is -2.27. The van der Waals surface area contributed by atoms with Crippen molar-refractivity contribution in [2.24, 2.45) is 0 Å². The van der Waals surface area contributed by atoms with Crippen LogP contribution in [-0.4, -0.2) is 39.3 Å². The summed E-state index contributed by atoms with van der Waals surface area (Å²) in [6.45, 7) is 1.66. The van der Waals surface area contributed by atoms with Crippen molar-refractivity contribution in [1.29, 1.82) is 5.26 Å². The van der Waals surface area contributed by atoms with Gasteiger partial charge in [0.05, 0.1) is 36.2 Å². The number of rotatable bonds is 6. The monoisotopic (exact) mass is 290 g/mol. The molecule has 0 unspecified atom stereocenters. The number of hydrogen-bond donors (Lipinski definition) is 2. The Morgan fingerprint density at radius 2 is 2.33 bits per heavy atom. The van der Waals surface area contributed by atoms with Crippen molar-refractivity contribution >= 4 is 23.0 Å². The third kappa shape index (κ3) is 3.55. The number of anilines is 3. The van der Waals surface area contributed by atoms with Crippen molar-refractivity contribution in [3.8, 4) is 11.8 Å². The molecule has 1 amide bonds. The van der Waals surface area contributed by atoms with Crippen LogP contribution in [0.3, 0.4) is 0 Å². The molecule has 1 aromatic rings. The molecule has 0 aliphatic carbocycles. The zero-order chi connectivity index (χ0) is 15.2. The van der Waals surface area contributed by atoms with Gasteiger partial charge in [-0.15, -0.1) is 0 Å². The van der Waals surface area contributed by atoms with Gasteiger partial charge in [0.25, 0.3) is 5.91 Å². The molecule has 1 aliphatic heterocycles. The Morgan fingerprint density at radius 3 is 3.05 bits per heavy atom. The van der Waals surface area contributed by atoms with Gasteiger partial charge in [0, 0.05) is 26.3 Å². The molecule has 1 heterocycles. The second-order valence-electron chi connectivity index (χ2n) is 4.63. The molecule has 7 nitrogen and oxygen atoms in total. The van der Waals surface area contributed by atoms with E-state index in [2.05, 4.69) is 11.4 Å². The van der Waals surface area contributed by atoms with Gasteiger partial charge in [-0.2, -0.15) is 5.26 Å². The first kappa shape index (κ1) is 14.9. The Balaban J connectivity index is 2.28. The number of benzene rings is 1. The highest BCUT2D eigenvalue weighted by Gasteiger charge is 2.20. The fourth-order valence-corrected chi connectivity index (χ4v) is 2.14. The largest absolute Gasteiger partial charge is 0.482 e. The number of carbonyl (C=O) groups is 1. The topological polar surface area (TPSA) is 101 Å². The second kappa shape index (κ2) is 6.81. The number of nitriles is 1. The molecule has 0 bridgehead atoms. The molecule has 7 heteroatoms. The van der Waals surface area contributed by atoms with Crippen molar-refractivity contribution in [2.45, 2.75) is 6.42 Å². The number of nitrogens with two attached hydrogens (primary N) is 1. The summed E-state index contributed by atoms with van der Waals surface area (Å²) < 4.78 is 10.4. The normalized spacial score (nSPS) is 12.9. The van der Waals surface area contributed by atoms with E-state index in [-0.39, 0.29) is 12.5 Å². The number of carbonyl (C=O) groups excluding carboxylic acids is 1. The van der Waals surface area contributed by atoms with E-state index in [1.165, 1.54) is 0 Å². The van der Waals surface area contributed by atoms with Gasteiger partial charge >= 0.3 is 0 Å². The number of nitrogens with one attached hydrogen (secondary N) is 1. The molecule has 1 aromatic carbocycles. The summed E-state index contributed by atoms with van der Waals surface area (Å²) in [7, 11) is 1.62. The van der Waals surface area contributed by atoms with Crippen LogP contribution >= 0.6 is 0 Å². The van der Waals surface area contributed by atoms with E-state index in [0.717, 1.165) is 5.69 Å². The van der Waals surface area contributed by atoms with Crippen molar-refractivity contribution < 1.29 is 14.3 Å². The lowest BCUT2D eigenvalue weighted by molar-refractivity contribution is -0.118. The van der Waals surface area contributed by atoms with Crippen molar-refractivity contribution in [1.82, 2.24) is 0 Å². The summed E-state index contributed by atoms with van der Waals surface area (Å²) in [5.41, 5.74) is 7.96. The van der Waals surface area contributed by atoms with Gasteiger partial charge < -0.3 is 25.4 Å².